The molecule has 0 saturated carbocycles. The van der Waals surface area contributed by atoms with Gasteiger partial charge in [0, 0.05) is 19.5 Å². The average molecular weight is 302 g/mol. The first kappa shape index (κ1) is 16.5. The van der Waals surface area contributed by atoms with E-state index in [1.807, 2.05) is 0 Å². The van der Waals surface area contributed by atoms with Gasteiger partial charge in [0.15, 0.2) is 0 Å². The first-order chi connectivity index (χ1) is 10.3. The Labute approximate surface area is 132 Å². The smallest absolute Gasteiger partial charge is 0.242 e. The minimum atomic E-state index is -0.357. The van der Waals surface area contributed by atoms with Crippen LogP contribution in [0.25, 0.3) is 0 Å². The third kappa shape index (κ3) is 3.87. The maximum Gasteiger partial charge on any atom is 0.242 e. The van der Waals surface area contributed by atoms with E-state index in [-0.39, 0.29) is 23.3 Å². The summed E-state index contributed by atoms with van der Waals surface area (Å²) in [7, 11) is 0. The second kappa shape index (κ2) is 6.51. The number of hydrogen-bond acceptors (Lipinski definition) is 2. The third-order valence-electron chi connectivity index (χ3n) is 4.27. The normalized spacial score (nSPS) is 19.0. The van der Waals surface area contributed by atoms with E-state index in [1.165, 1.54) is 5.56 Å². The summed E-state index contributed by atoms with van der Waals surface area (Å²) in [6.07, 6.45) is 1.17. The number of rotatable bonds is 3. The maximum atomic E-state index is 12.3. The highest BCUT2D eigenvalue weighted by Gasteiger charge is 2.28. The molecule has 4 nitrogen and oxygen atoms in total. The fraction of sp³-hybridized carbons (Fsp3) is 0.556. The third-order valence-corrected chi connectivity index (χ3v) is 4.27. The zero-order valence-corrected chi connectivity index (χ0v) is 14.0. The number of nitrogens with one attached hydrogen (secondary N) is 1. The van der Waals surface area contributed by atoms with Crippen LogP contribution in [0.4, 0.5) is 0 Å². The van der Waals surface area contributed by atoms with Crippen molar-refractivity contribution in [2.24, 2.45) is 0 Å². The highest BCUT2D eigenvalue weighted by Crippen LogP contribution is 2.22. The van der Waals surface area contributed by atoms with Crippen LogP contribution < -0.4 is 5.32 Å². The van der Waals surface area contributed by atoms with Gasteiger partial charge in [0.1, 0.15) is 6.04 Å². The molecule has 1 N–H and O–H groups in total. The molecule has 120 valence electrons. The van der Waals surface area contributed by atoms with Gasteiger partial charge in [-0.3, -0.25) is 9.59 Å². The van der Waals surface area contributed by atoms with Gasteiger partial charge in [-0.2, -0.15) is 0 Å². The fourth-order valence-electron chi connectivity index (χ4n) is 2.69. The number of hydrogen-bond donors (Lipinski definition) is 1. The minimum Gasteiger partial charge on any atom is -0.353 e. The first-order valence-corrected chi connectivity index (χ1v) is 7.95. The van der Waals surface area contributed by atoms with E-state index in [2.05, 4.69) is 50.4 Å². The SMILES string of the molecule is CC1C(=O)NCCN1C(=O)CCc1ccc(C(C)(C)C)cc1. The Morgan fingerprint density at radius 2 is 1.91 bits per heavy atom. The summed E-state index contributed by atoms with van der Waals surface area (Å²) in [6.45, 7) is 9.51. The molecule has 1 aromatic carbocycles. The van der Waals surface area contributed by atoms with Gasteiger partial charge in [-0.05, 0) is 29.9 Å². The van der Waals surface area contributed by atoms with Crippen LogP contribution in [0.15, 0.2) is 24.3 Å². The molecule has 1 saturated heterocycles. The Hall–Kier alpha value is -1.84. The second-order valence-corrected chi connectivity index (χ2v) is 7.00. The Morgan fingerprint density at radius 3 is 2.50 bits per heavy atom. The van der Waals surface area contributed by atoms with Crippen LogP contribution in [-0.2, 0) is 21.4 Å². The highest BCUT2D eigenvalue weighted by molar-refractivity contribution is 5.88. The molecule has 2 amide bonds. The summed E-state index contributed by atoms with van der Waals surface area (Å²) >= 11 is 0. The van der Waals surface area contributed by atoms with Crippen LogP contribution in [0.2, 0.25) is 0 Å². The van der Waals surface area contributed by atoms with Crippen molar-refractivity contribution in [2.45, 2.75) is 52.0 Å². The van der Waals surface area contributed by atoms with Gasteiger partial charge >= 0.3 is 0 Å². The molecular formula is C18H26N2O2. The lowest BCUT2D eigenvalue weighted by molar-refractivity contribution is -0.142. The zero-order valence-electron chi connectivity index (χ0n) is 14.0. The van der Waals surface area contributed by atoms with Crippen molar-refractivity contribution in [3.05, 3.63) is 35.4 Å². The number of carbonyl (C=O) groups excluding carboxylic acids is 2. The molecule has 1 aliphatic heterocycles. The van der Waals surface area contributed by atoms with Gasteiger partial charge in [0.05, 0.1) is 0 Å². The van der Waals surface area contributed by atoms with E-state index < -0.39 is 0 Å². The van der Waals surface area contributed by atoms with Gasteiger partial charge in [0.2, 0.25) is 11.8 Å². The van der Waals surface area contributed by atoms with Crippen molar-refractivity contribution in [1.82, 2.24) is 10.2 Å². The van der Waals surface area contributed by atoms with Crippen molar-refractivity contribution in [1.29, 1.82) is 0 Å². The number of piperazine rings is 1. The van der Waals surface area contributed by atoms with Crippen LogP contribution in [0.5, 0.6) is 0 Å². The molecule has 4 heteroatoms. The molecule has 1 aliphatic rings. The monoisotopic (exact) mass is 302 g/mol. The second-order valence-electron chi connectivity index (χ2n) is 7.00. The molecule has 1 atom stereocenters. The van der Waals surface area contributed by atoms with Crippen LogP contribution in [-0.4, -0.2) is 35.8 Å². The van der Waals surface area contributed by atoms with Gasteiger partial charge < -0.3 is 10.2 Å². The quantitative estimate of drug-likeness (QED) is 0.931. The zero-order chi connectivity index (χ0) is 16.3. The van der Waals surface area contributed by atoms with Crippen molar-refractivity contribution in [2.75, 3.05) is 13.1 Å². The summed E-state index contributed by atoms with van der Waals surface area (Å²) in [6, 6.07) is 8.11. The highest BCUT2D eigenvalue weighted by atomic mass is 16.2. The molecule has 0 radical (unpaired) electrons. The molecule has 22 heavy (non-hydrogen) atoms. The van der Waals surface area contributed by atoms with Crippen molar-refractivity contribution < 1.29 is 9.59 Å². The standard InChI is InChI=1S/C18H26N2O2/c1-13-17(22)19-11-12-20(13)16(21)10-7-14-5-8-15(9-6-14)18(2,3)4/h5-6,8-9,13H,7,10-12H2,1-4H3,(H,19,22). The molecule has 0 aliphatic carbocycles. The van der Waals surface area contributed by atoms with Crippen LogP contribution in [0.1, 0.15) is 45.2 Å². The van der Waals surface area contributed by atoms with E-state index in [0.717, 1.165) is 5.56 Å². The lowest BCUT2D eigenvalue weighted by Crippen LogP contribution is -2.55. The van der Waals surface area contributed by atoms with Gasteiger partial charge in [-0.15, -0.1) is 0 Å². The van der Waals surface area contributed by atoms with Crippen LogP contribution in [0.3, 0.4) is 0 Å². The summed E-state index contributed by atoms with van der Waals surface area (Å²) in [5.74, 6) is -0.00335. The average Bonchev–Trinajstić information content (AvgIpc) is 2.47. The molecule has 1 fully saturated rings. The summed E-state index contributed by atoms with van der Waals surface area (Å²) in [4.78, 5) is 25.6. The Bertz CT molecular complexity index is 543. The largest absolute Gasteiger partial charge is 0.353 e. The van der Waals surface area contributed by atoms with Gasteiger partial charge in [-0.25, -0.2) is 0 Å². The lowest BCUT2D eigenvalue weighted by atomic mass is 9.86. The van der Waals surface area contributed by atoms with E-state index in [9.17, 15) is 9.59 Å². The summed E-state index contributed by atoms with van der Waals surface area (Å²) in [5, 5.41) is 2.78. The van der Waals surface area contributed by atoms with Crippen LogP contribution >= 0.6 is 0 Å². The summed E-state index contributed by atoms with van der Waals surface area (Å²) < 4.78 is 0. The van der Waals surface area contributed by atoms with E-state index in [1.54, 1.807) is 11.8 Å². The molecule has 1 heterocycles. The topological polar surface area (TPSA) is 49.4 Å². The molecule has 1 aromatic rings. The predicted molar refractivity (Wildman–Crippen MR) is 87.6 cm³/mol. The van der Waals surface area contributed by atoms with E-state index in [4.69, 9.17) is 0 Å². The molecular weight excluding hydrogens is 276 g/mol. The summed E-state index contributed by atoms with van der Waals surface area (Å²) in [5.41, 5.74) is 2.60. The predicted octanol–water partition coefficient (Wildman–Crippen LogP) is 2.26. The molecule has 1 unspecified atom stereocenters. The molecule has 0 aromatic heterocycles. The number of benzene rings is 1. The van der Waals surface area contributed by atoms with Gasteiger partial charge in [0.25, 0.3) is 0 Å². The van der Waals surface area contributed by atoms with Gasteiger partial charge in [-0.1, -0.05) is 45.0 Å². The first-order valence-electron chi connectivity index (χ1n) is 7.95. The molecule has 0 spiro atoms. The Morgan fingerprint density at radius 1 is 1.27 bits per heavy atom. The number of carbonyl (C=O) groups is 2. The number of amides is 2. The molecule has 2 rings (SSSR count). The van der Waals surface area contributed by atoms with Crippen molar-refractivity contribution >= 4 is 11.8 Å². The lowest BCUT2D eigenvalue weighted by Gasteiger charge is -2.32. The Balaban J connectivity index is 1.92. The maximum absolute atomic E-state index is 12.3. The number of aryl methyl sites for hydroxylation is 1. The van der Waals surface area contributed by atoms with E-state index in [0.29, 0.717) is 25.9 Å². The number of nitrogens with zero attached hydrogens (tertiary/aromatic N) is 1. The molecule has 0 bridgehead atoms. The van der Waals surface area contributed by atoms with E-state index >= 15 is 0 Å². The Kier molecular flexibility index (Phi) is 4.89. The fourth-order valence-corrected chi connectivity index (χ4v) is 2.69. The van der Waals surface area contributed by atoms with Crippen LogP contribution in [0, 0.1) is 0 Å². The van der Waals surface area contributed by atoms with Crippen molar-refractivity contribution in [3.63, 3.8) is 0 Å². The van der Waals surface area contributed by atoms with Crippen molar-refractivity contribution in [3.8, 4) is 0 Å². The minimum absolute atomic E-state index is 0.0576.